The maximum atomic E-state index is 12.2. The molecule has 0 bridgehead atoms. The second-order valence-corrected chi connectivity index (χ2v) is 5.97. The molecule has 0 radical (unpaired) electrons. The predicted molar refractivity (Wildman–Crippen MR) is 97.8 cm³/mol. The number of ether oxygens (including phenoxy) is 1. The minimum absolute atomic E-state index is 0.0437. The second-order valence-electron chi connectivity index (χ2n) is 5.97. The van der Waals surface area contributed by atoms with E-state index in [0.29, 0.717) is 13.0 Å². The molecular formula is C20H24N2O2. The summed E-state index contributed by atoms with van der Waals surface area (Å²) in [6, 6.07) is 16.0. The first kappa shape index (κ1) is 16.4. The molecule has 0 unspecified atom stereocenters. The first-order valence-corrected chi connectivity index (χ1v) is 8.62. The molecule has 0 aliphatic carbocycles. The van der Waals surface area contributed by atoms with Crippen LogP contribution in [0, 0.1) is 0 Å². The van der Waals surface area contributed by atoms with Crippen molar-refractivity contribution in [2.45, 2.75) is 26.2 Å². The zero-order valence-corrected chi connectivity index (χ0v) is 14.1. The molecule has 0 fully saturated rings. The summed E-state index contributed by atoms with van der Waals surface area (Å²) in [6.07, 6.45) is 2.77. The molecule has 1 N–H and O–H groups in total. The van der Waals surface area contributed by atoms with Crippen LogP contribution in [0.25, 0.3) is 0 Å². The number of rotatable bonds is 6. The SMILES string of the molecule is CCOc1ccc(NC(=O)CCN2CCCc3ccccc32)cc1. The Bertz CT molecular complexity index is 682. The molecule has 4 nitrogen and oxygen atoms in total. The van der Waals surface area contributed by atoms with Gasteiger partial charge in [-0.05, 0) is 55.7 Å². The second kappa shape index (κ2) is 7.86. The molecule has 3 rings (SSSR count). The van der Waals surface area contributed by atoms with Gasteiger partial charge in [0.2, 0.25) is 5.91 Å². The summed E-state index contributed by atoms with van der Waals surface area (Å²) in [5.41, 5.74) is 3.47. The van der Waals surface area contributed by atoms with Gasteiger partial charge in [0.25, 0.3) is 0 Å². The van der Waals surface area contributed by atoms with Crippen LogP contribution in [0.15, 0.2) is 48.5 Å². The standard InChI is InChI=1S/C20H24N2O2/c1-2-24-18-11-9-17(10-12-18)21-20(23)13-15-22-14-5-7-16-6-3-4-8-19(16)22/h3-4,6,8-12H,2,5,7,13-15H2,1H3,(H,21,23). The summed E-state index contributed by atoms with van der Waals surface area (Å²) in [6.45, 7) is 4.37. The topological polar surface area (TPSA) is 41.6 Å². The third-order valence-corrected chi connectivity index (χ3v) is 4.26. The smallest absolute Gasteiger partial charge is 0.226 e. The Balaban J connectivity index is 1.53. The lowest BCUT2D eigenvalue weighted by Gasteiger charge is -2.31. The number of nitrogens with one attached hydrogen (secondary N) is 1. The Morgan fingerprint density at radius 3 is 2.75 bits per heavy atom. The van der Waals surface area contributed by atoms with Crippen molar-refractivity contribution in [3.05, 3.63) is 54.1 Å². The highest BCUT2D eigenvalue weighted by atomic mass is 16.5. The first-order chi connectivity index (χ1) is 11.8. The van der Waals surface area contributed by atoms with Gasteiger partial charge in [-0.15, -0.1) is 0 Å². The van der Waals surface area contributed by atoms with Crippen LogP contribution in [0.4, 0.5) is 11.4 Å². The van der Waals surface area contributed by atoms with Gasteiger partial charge in [-0.1, -0.05) is 18.2 Å². The van der Waals surface area contributed by atoms with E-state index >= 15 is 0 Å². The number of hydrogen-bond donors (Lipinski definition) is 1. The van der Waals surface area contributed by atoms with E-state index in [1.165, 1.54) is 11.3 Å². The van der Waals surface area contributed by atoms with Gasteiger partial charge in [0.1, 0.15) is 5.75 Å². The lowest BCUT2D eigenvalue weighted by atomic mass is 10.0. The Morgan fingerprint density at radius 1 is 1.17 bits per heavy atom. The van der Waals surface area contributed by atoms with Crippen LogP contribution in [0.3, 0.4) is 0 Å². The lowest BCUT2D eigenvalue weighted by Crippen LogP contribution is -2.32. The van der Waals surface area contributed by atoms with Crippen molar-refractivity contribution in [3.63, 3.8) is 0 Å². The summed E-state index contributed by atoms with van der Waals surface area (Å²) in [7, 11) is 0. The van der Waals surface area contributed by atoms with Crippen LogP contribution >= 0.6 is 0 Å². The fourth-order valence-electron chi connectivity index (χ4n) is 3.10. The van der Waals surface area contributed by atoms with Gasteiger partial charge in [0.05, 0.1) is 6.61 Å². The van der Waals surface area contributed by atoms with E-state index in [1.807, 2.05) is 31.2 Å². The summed E-state index contributed by atoms with van der Waals surface area (Å²) in [5, 5.41) is 2.95. The van der Waals surface area contributed by atoms with Gasteiger partial charge < -0.3 is 15.0 Å². The van der Waals surface area contributed by atoms with Crippen LogP contribution in [-0.4, -0.2) is 25.6 Å². The lowest BCUT2D eigenvalue weighted by molar-refractivity contribution is -0.116. The number of fused-ring (bicyclic) bond motifs is 1. The summed E-state index contributed by atoms with van der Waals surface area (Å²) in [5.74, 6) is 0.864. The number of carbonyl (C=O) groups excluding carboxylic acids is 1. The fourth-order valence-corrected chi connectivity index (χ4v) is 3.10. The van der Waals surface area contributed by atoms with Gasteiger partial charge in [0, 0.05) is 30.9 Å². The molecule has 24 heavy (non-hydrogen) atoms. The third kappa shape index (κ3) is 4.07. The van der Waals surface area contributed by atoms with E-state index in [0.717, 1.165) is 37.4 Å². The molecule has 1 aliphatic rings. The van der Waals surface area contributed by atoms with E-state index in [1.54, 1.807) is 0 Å². The molecule has 126 valence electrons. The molecule has 1 amide bonds. The molecule has 1 heterocycles. The van der Waals surface area contributed by atoms with E-state index in [-0.39, 0.29) is 5.91 Å². The first-order valence-electron chi connectivity index (χ1n) is 8.62. The van der Waals surface area contributed by atoms with E-state index in [9.17, 15) is 4.79 Å². The number of benzene rings is 2. The number of aryl methyl sites for hydroxylation is 1. The highest BCUT2D eigenvalue weighted by Crippen LogP contribution is 2.26. The van der Waals surface area contributed by atoms with Crippen LogP contribution in [0.5, 0.6) is 5.75 Å². The Hall–Kier alpha value is -2.49. The van der Waals surface area contributed by atoms with Crippen molar-refractivity contribution < 1.29 is 9.53 Å². The molecule has 2 aromatic rings. The minimum Gasteiger partial charge on any atom is -0.494 e. The maximum Gasteiger partial charge on any atom is 0.226 e. The highest BCUT2D eigenvalue weighted by molar-refractivity contribution is 5.91. The molecule has 0 saturated heterocycles. The van der Waals surface area contributed by atoms with Crippen molar-refractivity contribution in [3.8, 4) is 5.75 Å². The van der Waals surface area contributed by atoms with Crippen LogP contribution < -0.4 is 15.0 Å². The Morgan fingerprint density at radius 2 is 1.96 bits per heavy atom. The van der Waals surface area contributed by atoms with Crippen molar-refractivity contribution in [2.24, 2.45) is 0 Å². The van der Waals surface area contributed by atoms with Crippen molar-refractivity contribution in [1.82, 2.24) is 0 Å². The average molecular weight is 324 g/mol. The fraction of sp³-hybridized carbons (Fsp3) is 0.350. The molecule has 0 saturated carbocycles. The van der Waals surface area contributed by atoms with E-state index in [4.69, 9.17) is 4.74 Å². The van der Waals surface area contributed by atoms with Crippen LogP contribution in [0.2, 0.25) is 0 Å². The largest absolute Gasteiger partial charge is 0.494 e. The van der Waals surface area contributed by atoms with Crippen molar-refractivity contribution in [2.75, 3.05) is 29.9 Å². The summed E-state index contributed by atoms with van der Waals surface area (Å²) in [4.78, 5) is 14.5. The van der Waals surface area contributed by atoms with Gasteiger partial charge >= 0.3 is 0 Å². The summed E-state index contributed by atoms with van der Waals surface area (Å²) < 4.78 is 5.41. The van der Waals surface area contributed by atoms with Gasteiger partial charge in [-0.2, -0.15) is 0 Å². The number of anilines is 2. The molecule has 1 aliphatic heterocycles. The monoisotopic (exact) mass is 324 g/mol. The number of nitrogens with zero attached hydrogens (tertiary/aromatic N) is 1. The van der Waals surface area contributed by atoms with E-state index in [2.05, 4.69) is 34.5 Å². The molecular weight excluding hydrogens is 300 g/mol. The zero-order chi connectivity index (χ0) is 16.8. The molecule has 0 aromatic heterocycles. The third-order valence-electron chi connectivity index (χ3n) is 4.26. The van der Waals surface area contributed by atoms with Crippen LogP contribution in [-0.2, 0) is 11.2 Å². The molecule has 0 atom stereocenters. The number of hydrogen-bond acceptors (Lipinski definition) is 3. The number of para-hydroxylation sites is 1. The van der Waals surface area contributed by atoms with Gasteiger partial charge in [-0.3, -0.25) is 4.79 Å². The highest BCUT2D eigenvalue weighted by Gasteiger charge is 2.16. The van der Waals surface area contributed by atoms with Crippen molar-refractivity contribution >= 4 is 17.3 Å². The zero-order valence-electron chi connectivity index (χ0n) is 14.1. The predicted octanol–water partition coefficient (Wildman–Crippen LogP) is 3.87. The number of carbonyl (C=O) groups is 1. The molecule has 0 spiro atoms. The normalized spacial score (nSPS) is 13.3. The Kier molecular flexibility index (Phi) is 5.36. The maximum absolute atomic E-state index is 12.2. The van der Waals surface area contributed by atoms with E-state index < -0.39 is 0 Å². The quantitative estimate of drug-likeness (QED) is 0.877. The van der Waals surface area contributed by atoms with Gasteiger partial charge in [-0.25, -0.2) is 0 Å². The van der Waals surface area contributed by atoms with Gasteiger partial charge in [0.15, 0.2) is 0 Å². The van der Waals surface area contributed by atoms with Crippen molar-refractivity contribution in [1.29, 1.82) is 0 Å². The molecule has 2 aromatic carbocycles. The Labute approximate surface area is 143 Å². The van der Waals surface area contributed by atoms with Crippen LogP contribution in [0.1, 0.15) is 25.3 Å². The summed E-state index contributed by atoms with van der Waals surface area (Å²) >= 11 is 0. The minimum atomic E-state index is 0.0437. The average Bonchev–Trinajstić information content (AvgIpc) is 2.62. The molecule has 4 heteroatoms. The number of amides is 1.